The number of amides is 1. The molecule has 24 heavy (non-hydrogen) atoms. The molecule has 2 rings (SSSR count). The average Bonchev–Trinajstić information content (AvgIpc) is 2.47. The Labute approximate surface area is 157 Å². The summed E-state index contributed by atoms with van der Waals surface area (Å²) >= 11 is 0. The van der Waals surface area contributed by atoms with Crippen LogP contribution in [-0.2, 0) is 9.53 Å². The van der Waals surface area contributed by atoms with Crippen LogP contribution in [0.5, 0.6) is 0 Å². The molecule has 0 radical (unpaired) electrons. The standard InChI is InChI=1S/C17H27N3O2.2ClH/c1-17(2)13-20(10-11-22-17)9-8-19-16(21)12-15(18)14-6-4-3-5-7-14;;/h3-7,15H,8-13,18H2,1-2H3,(H,19,21);2*1H. The fourth-order valence-electron chi connectivity index (χ4n) is 2.75. The van der Waals surface area contributed by atoms with Crippen molar-refractivity contribution in [2.75, 3.05) is 32.8 Å². The van der Waals surface area contributed by atoms with E-state index < -0.39 is 0 Å². The van der Waals surface area contributed by atoms with Crippen LogP contribution >= 0.6 is 24.8 Å². The van der Waals surface area contributed by atoms with Gasteiger partial charge < -0.3 is 15.8 Å². The summed E-state index contributed by atoms with van der Waals surface area (Å²) in [6, 6.07) is 9.48. The molecule has 0 bridgehead atoms. The number of carbonyl (C=O) groups is 1. The largest absolute Gasteiger partial charge is 0.373 e. The molecule has 1 heterocycles. The Morgan fingerprint density at radius 3 is 2.62 bits per heavy atom. The second-order valence-electron chi connectivity index (χ2n) is 6.46. The van der Waals surface area contributed by atoms with Gasteiger partial charge in [-0.2, -0.15) is 0 Å². The Morgan fingerprint density at radius 1 is 1.33 bits per heavy atom. The summed E-state index contributed by atoms with van der Waals surface area (Å²) < 4.78 is 5.68. The first-order valence-corrected chi connectivity index (χ1v) is 7.90. The van der Waals surface area contributed by atoms with Gasteiger partial charge in [-0.1, -0.05) is 30.3 Å². The fourth-order valence-corrected chi connectivity index (χ4v) is 2.75. The Morgan fingerprint density at radius 2 is 2.00 bits per heavy atom. The van der Waals surface area contributed by atoms with E-state index in [0.29, 0.717) is 13.0 Å². The highest BCUT2D eigenvalue weighted by molar-refractivity contribution is 5.85. The van der Waals surface area contributed by atoms with Crippen LogP contribution in [0.4, 0.5) is 0 Å². The summed E-state index contributed by atoms with van der Waals surface area (Å²) in [6.45, 7) is 8.25. The van der Waals surface area contributed by atoms with E-state index in [9.17, 15) is 4.79 Å². The number of morpholine rings is 1. The quantitative estimate of drug-likeness (QED) is 0.796. The van der Waals surface area contributed by atoms with E-state index in [2.05, 4.69) is 24.1 Å². The van der Waals surface area contributed by atoms with Gasteiger partial charge in [0.2, 0.25) is 5.91 Å². The number of nitrogens with one attached hydrogen (secondary N) is 1. The van der Waals surface area contributed by atoms with Crippen molar-refractivity contribution in [3.63, 3.8) is 0 Å². The number of hydrogen-bond donors (Lipinski definition) is 2. The highest BCUT2D eigenvalue weighted by Gasteiger charge is 2.26. The van der Waals surface area contributed by atoms with Gasteiger partial charge in [-0.15, -0.1) is 24.8 Å². The predicted molar refractivity (Wildman–Crippen MR) is 102 cm³/mol. The van der Waals surface area contributed by atoms with Gasteiger partial charge >= 0.3 is 0 Å². The Kier molecular flexibility index (Phi) is 10.5. The van der Waals surface area contributed by atoms with Gasteiger partial charge in [0, 0.05) is 38.6 Å². The third kappa shape index (κ3) is 7.81. The summed E-state index contributed by atoms with van der Waals surface area (Å²) in [5.74, 6) is 0.00359. The molecule has 1 saturated heterocycles. The van der Waals surface area contributed by atoms with E-state index in [4.69, 9.17) is 10.5 Å². The van der Waals surface area contributed by atoms with E-state index in [-0.39, 0.29) is 42.4 Å². The van der Waals surface area contributed by atoms with Gasteiger partial charge in [0.1, 0.15) is 0 Å². The molecule has 1 aromatic rings. The van der Waals surface area contributed by atoms with Gasteiger partial charge in [-0.25, -0.2) is 0 Å². The van der Waals surface area contributed by atoms with Gasteiger partial charge in [0.15, 0.2) is 0 Å². The highest BCUT2D eigenvalue weighted by Crippen LogP contribution is 2.16. The molecule has 1 aliphatic heterocycles. The minimum Gasteiger partial charge on any atom is -0.373 e. The topological polar surface area (TPSA) is 67.6 Å². The SMILES string of the molecule is CC1(C)CN(CCNC(=O)CC(N)c2ccccc2)CCO1.Cl.Cl. The normalized spacial score (nSPS) is 18.0. The Hall–Kier alpha value is -0.850. The zero-order chi connectivity index (χ0) is 16.0. The van der Waals surface area contributed by atoms with Crippen LogP contribution in [0.15, 0.2) is 30.3 Å². The van der Waals surface area contributed by atoms with Crippen LogP contribution in [0.25, 0.3) is 0 Å². The lowest BCUT2D eigenvalue weighted by atomic mass is 10.0. The zero-order valence-electron chi connectivity index (χ0n) is 14.4. The van der Waals surface area contributed by atoms with Crippen molar-refractivity contribution in [3.8, 4) is 0 Å². The molecule has 1 unspecified atom stereocenters. The third-order valence-electron chi connectivity index (χ3n) is 3.89. The van der Waals surface area contributed by atoms with Crippen LogP contribution in [0.1, 0.15) is 31.9 Å². The molecule has 1 amide bonds. The number of rotatable bonds is 6. The molecule has 1 fully saturated rings. The van der Waals surface area contributed by atoms with Crippen molar-refractivity contribution in [1.29, 1.82) is 0 Å². The molecule has 138 valence electrons. The molecule has 0 spiro atoms. The van der Waals surface area contributed by atoms with Crippen LogP contribution in [-0.4, -0.2) is 49.2 Å². The van der Waals surface area contributed by atoms with Gasteiger partial charge in [-0.05, 0) is 19.4 Å². The van der Waals surface area contributed by atoms with E-state index in [0.717, 1.165) is 31.8 Å². The highest BCUT2D eigenvalue weighted by atomic mass is 35.5. The van der Waals surface area contributed by atoms with Crippen LogP contribution in [0.3, 0.4) is 0 Å². The maximum atomic E-state index is 12.0. The number of nitrogens with zero attached hydrogens (tertiary/aromatic N) is 1. The number of carbonyl (C=O) groups excluding carboxylic acids is 1. The molecular weight excluding hydrogens is 349 g/mol. The number of hydrogen-bond acceptors (Lipinski definition) is 4. The summed E-state index contributed by atoms with van der Waals surface area (Å²) in [4.78, 5) is 14.3. The van der Waals surface area contributed by atoms with Crippen LogP contribution in [0, 0.1) is 0 Å². The summed E-state index contributed by atoms with van der Waals surface area (Å²) in [5.41, 5.74) is 6.95. The molecule has 1 aromatic carbocycles. The monoisotopic (exact) mass is 377 g/mol. The van der Waals surface area contributed by atoms with E-state index >= 15 is 0 Å². The molecular formula is C17H29Cl2N3O2. The zero-order valence-corrected chi connectivity index (χ0v) is 16.0. The van der Waals surface area contributed by atoms with Gasteiger partial charge in [0.05, 0.1) is 12.2 Å². The lowest BCUT2D eigenvalue weighted by molar-refractivity contribution is -0.121. The first kappa shape index (κ1) is 23.1. The Balaban J connectivity index is 0.00000264. The van der Waals surface area contributed by atoms with Crippen molar-refractivity contribution in [2.24, 2.45) is 5.73 Å². The predicted octanol–water partition coefficient (Wildman–Crippen LogP) is 2.15. The second kappa shape index (κ2) is 10.9. The first-order chi connectivity index (χ1) is 10.5. The number of nitrogens with two attached hydrogens (primary N) is 1. The minimum atomic E-state index is -0.247. The smallest absolute Gasteiger partial charge is 0.221 e. The maximum absolute atomic E-state index is 12.0. The summed E-state index contributed by atoms with van der Waals surface area (Å²) in [6.07, 6.45) is 0.318. The third-order valence-corrected chi connectivity index (χ3v) is 3.89. The lowest BCUT2D eigenvalue weighted by Crippen LogP contribution is -2.50. The molecule has 0 saturated carbocycles. The fraction of sp³-hybridized carbons (Fsp3) is 0.588. The summed E-state index contributed by atoms with van der Waals surface area (Å²) in [5, 5.41) is 2.96. The summed E-state index contributed by atoms with van der Waals surface area (Å²) in [7, 11) is 0. The molecule has 0 aliphatic carbocycles. The van der Waals surface area contributed by atoms with Gasteiger partial charge in [-0.3, -0.25) is 9.69 Å². The first-order valence-electron chi connectivity index (χ1n) is 7.90. The molecule has 0 aromatic heterocycles. The minimum absolute atomic E-state index is 0. The number of halogens is 2. The van der Waals surface area contributed by atoms with Crippen LogP contribution in [0.2, 0.25) is 0 Å². The molecule has 1 atom stereocenters. The maximum Gasteiger partial charge on any atom is 0.221 e. The van der Waals surface area contributed by atoms with Crippen molar-refractivity contribution in [2.45, 2.75) is 31.9 Å². The second-order valence-corrected chi connectivity index (χ2v) is 6.46. The Bertz CT molecular complexity index is 486. The van der Waals surface area contributed by atoms with Crippen molar-refractivity contribution in [1.82, 2.24) is 10.2 Å². The number of benzene rings is 1. The molecule has 5 nitrogen and oxygen atoms in total. The number of ether oxygens (including phenoxy) is 1. The van der Waals surface area contributed by atoms with Crippen molar-refractivity contribution >= 4 is 30.7 Å². The van der Waals surface area contributed by atoms with Crippen LogP contribution < -0.4 is 11.1 Å². The van der Waals surface area contributed by atoms with Crippen molar-refractivity contribution < 1.29 is 9.53 Å². The van der Waals surface area contributed by atoms with E-state index in [1.54, 1.807) is 0 Å². The van der Waals surface area contributed by atoms with Crippen molar-refractivity contribution in [3.05, 3.63) is 35.9 Å². The van der Waals surface area contributed by atoms with E-state index in [1.165, 1.54) is 0 Å². The van der Waals surface area contributed by atoms with E-state index in [1.807, 2.05) is 30.3 Å². The molecule has 7 heteroatoms. The lowest BCUT2D eigenvalue weighted by Gasteiger charge is -2.38. The van der Waals surface area contributed by atoms with Gasteiger partial charge in [0.25, 0.3) is 0 Å². The molecule has 1 aliphatic rings. The average molecular weight is 378 g/mol. The molecule has 3 N–H and O–H groups in total.